The van der Waals surface area contributed by atoms with Gasteiger partial charge in [-0.25, -0.2) is 4.39 Å². The van der Waals surface area contributed by atoms with Crippen molar-refractivity contribution in [1.29, 1.82) is 0 Å². The topological polar surface area (TPSA) is 84.2 Å². The van der Waals surface area contributed by atoms with Crippen LogP contribution in [0.1, 0.15) is 23.8 Å². The molecule has 112 valence electrons. The molecule has 2 N–H and O–H groups in total. The number of rotatable bonds is 5. The van der Waals surface area contributed by atoms with Gasteiger partial charge in [-0.1, -0.05) is 0 Å². The van der Waals surface area contributed by atoms with Crippen molar-refractivity contribution < 1.29 is 14.3 Å². The lowest BCUT2D eigenvalue weighted by Crippen LogP contribution is -2.33. The molecular weight excluding hydrogens is 277 g/mol. The van der Waals surface area contributed by atoms with Gasteiger partial charge in [0.05, 0.1) is 10.9 Å². The molecule has 1 heterocycles. The van der Waals surface area contributed by atoms with Crippen LogP contribution in [0.15, 0.2) is 23.0 Å². The number of aromatic nitrogens is 2. The Labute approximate surface area is 120 Å². The first kappa shape index (κ1) is 15.1. The third kappa shape index (κ3) is 3.08. The molecule has 0 aliphatic carbocycles. The summed E-state index contributed by atoms with van der Waals surface area (Å²) in [6, 6.07) is 3.82. The third-order valence-electron chi connectivity index (χ3n) is 3.05. The molecule has 0 radical (unpaired) electrons. The Morgan fingerprint density at radius 2 is 2.24 bits per heavy atom. The van der Waals surface area contributed by atoms with Gasteiger partial charge in [-0.05, 0) is 31.5 Å². The number of aliphatic hydroxyl groups is 1. The van der Waals surface area contributed by atoms with Crippen molar-refractivity contribution in [2.75, 3.05) is 13.2 Å². The third-order valence-corrected chi connectivity index (χ3v) is 3.05. The van der Waals surface area contributed by atoms with E-state index in [9.17, 15) is 14.0 Å². The van der Waals surface area contributed by atoms with Gasteiger partial charge >= 0.3 is 0 Å². The van der Waals surface area contributed by atoms with Crippen LogP contribution in [0.5, 0.6) is 0 Å². The van der Waals surface area contributed by atoms with Crippen LogP contribution >= 0.6 is 0 Å². The smallest absolute Gasteiger partial charge is 0.275 e. The van der Waals surface area contributed by atoms with E-state index in [0.29, 0.717) is 18.5 Å². The van der Waals surface area contributed by atoms with Crippen molar-refractivity contribution >= 4 is 16.8 Å². The zero-order chi connectivity index (χ0) is 15.4. The fraction of sp³-hybridized carbons (Fsp3) is 0.357. The molecule has 21 heavy (non-hydrogen) atoms. The van der Waals surface area contributed by atoms with E-state index in [0.717, 1.165) is 6.07 Å². The Morgan fingerprint density at radius 3 is 2.90 bits per heavy atom. The van der Waals surface area contributed by atoms with E-state index >= 15 is 0 Å². The molecule has 0 aliphatic rings. The molecule has 2 rings (SSSR count). The summed E-state index contributed by atoms with van der Waals surface area (Å²) in [6.45, 7) is 2.44. The van der Waals surface area contributed by atoms with Crippen molar-refractivity contribution in [2.24, 2.45) is 0 Å². The summed E-state index contributed by atoms with van der Waals surface area (Å²) in [6.07, 6.45) is 0.385. The number of carbonyl (C=O) groups excluding carboxylic acids is 1. The van der Waals surface area contributed by atoms with E-state index in [1.54, 1.807) is 0 Å². The maximum atomic E-state index is 13.3. The highest BCUT2D eigenvalue weighted by molar-refractivity contribution is 5.95. The second-order valence-electron chi connectivity index (χ2n) is 4.49. The van der Waals surface area contributed by atoms with Crippen LogP contribution in [0.2, 0.25) is 0 Å². The number of halogens is 1. The summed E-state index contributed by atoms with van der Waals surface area (Å²) in [5, 5.41) is 15.3. The van der Waals surface area contributed by atoms with E-state index in [1.807, 2.05) is 6.92 Å². The molecule has 1 amide bonds. The highest BCUT2D eigenvalue weighted by Crippen LogP contribution is 2.12. The number of nitrogens with one attached hydrogen (secondary N) is 1. The molecule has 0 aliphatic heterocycles. The Bertz CT molecular complexity index is 727. The van der Waals surface area contributed by atoms with Crippen LogP contribution in [-0.4, -0.2) is 33.9 Å². The number of benzene rings is 1. The van der Waals surface area contributed by atoms with Gasteiger partial charge < -0.3 is 10.4 Å². The summed E-state index contributed by atoms with van der Waals surface area (Å²) in [7, 11) is 0. The first-order valence-electron chi connectivity index (χ1n) is 6.68. The van der Waals surface area contributed by atoms with Crippen molar-refractivity contribution in [3.8, 4) is 0 Å². The molecule has 0 fully saturated rings. The monoisotopic (exact) mass is 293 g/mol. The summed E-state index contributed by atoms with van der Waals surface area (Å²) >= 11 is 0. The predicted octanol–water partition coefficient (Wildman–Crippen LogP) is 0.668. The zero-order valence-corrected chi connectivity index (χ0v) is 11.6. The summed E-state index contributed by atoms with van der Waals surface area (Å²) in [5.74, 6) is -1.16. The Morgan fingerprint density at radius 1 is 1.48 bits per heavy atom. The minimum Gasteiger partial charge on any atom is -0.396 e. The molecule has 0 bridgehead atoms. The second-order valence-corrected chi connectivity index (χ2v) is 4.49. The molecule has 1 aromatic heterocycles. The van der Waals surface area contributed by atoms with E-state index in [-0.39, 0.29) is 24.2 Å². The van der Waals surface area contributed by atoms with Crippen molar-refractivity contribution in [1.82, 2.24) is 15.1 Å². The van der Waals surface area contributed by atoms with Gasteiger partial charge in [-0.3, -0.25) is 14.3 Å². The quantitative estimate of drug-likeness (QED) is 0.794. The van der Waals surface area contributed by atoms with Crippen LogP contribution in [0, 0.1) is 5.82 Å². The second kappa shape index (κ2) is 6.45. The van der Waals surface area contributed by atoms with Crippen molar-refractivity contribution in [3.63, 3.8) is 0 Å². The fourth-order valence-corrected chi connectivity index (χ4v) is 2.02. The first-order chi connectivity index (χ1) is 10.1. The van der Waals surface area contributed by atoms with E-state index in [4.69, 9.17) is 5.11 Å². The maximum Gasteiger partial charge on any atom is 0.275 e. The molecule has 7 heteroatoms. The number of fused-ring (bicyclic) bond motifs is 1. The number of amides is 1. The number of nitrogens with zero attached hydrogens (tertiary/aromatic N) is 2. The van der Waals surface area contributed by atoms with Crippen molar-refractivity contribution in [2.45, 2.75) is 19.9 Å². The SMILES string of the molecule is CCn1nc(C(=O)NCCCO)c(=O)c2cc(F)ccc21. The maximum absolute atomic E-state index is 13.3. The summed E-state index contributed by atoms with van der Waals surface area (Å²) in [5.41, 5.74) is -0.389. The Kier molecular flexibility index (Phi) is 4.64. The Balaban J connectivity index is 2.52. The van der Waals surface area contributed by atoms with E-state index in [1.165, 1.54) is 16.8 Å². The molecule has 0 saturated carbocycles. The lowest BCUT2D eigenvalue weighted by molar-refractivity contribution is 0.0943. The lowest BCUT2D eigenvalue weighted by Gasteiger charge is -2.10. The van der Waals surface area contributed by atoms with Gasteiger partial charge in [0, 0.05) is 19.7 Å². The van der Waals surface area contributed by atoms with Crippen molar-refractivity contribution in [3.05, 3.63) is 39.9 Å². The van der Waals surface area contributed by atoms with Gasteiger partial charge in [0.15, 0.2) is 5.69 Å². The van der Waals surface area contributed by atoms with Crippen LogP contribution in [0.25, 0.3) is 10.9 Å². The fourth-order valence-electron chi connectivity index (χ4n) is 2.02. The summed E-state index contributed by atoms with van der Waals surface area (Å²) in [4.78, 5) is 24.2. The van der Waals surface area contributed by atoms with Crippen LogP contribution < -0.4 is 10.7 Å². The lowest BCUT2D eigenvalue weighted by atomic mass is 10.2. The average molecular weight is 293 g/mol. The average Bonchev–Trinajstić information content (AvgIpc) is 2.48. The van der Waals surface area contributed by atoms with Gasteiger partial charge in [-0.2, -0.15) is 5.10 Å². The highest BCUT2D eigenvalue weighted by Gasteiger charge is 2.17. The number of aryl methyl sites for hydroxylation is 1. The minimum absolute atomic E-state index is 0.0597. The zero-order valence-electron chi connectivity index (χ0n) is 11.6. The number of hydrogen-bond donors (Lipinski definition) is 2. The first-order valence-corrected chi connectivity index (χ1v) is 6.68. The highest BCUT2D eigenvalue weighted by atomic mass is 19.1. The van der Waals surface area contributed by atoms with Crippen LogP contribution in [-0.2, 0) is 6.54 Å². The molecule has 2 aromatic rings. The van der Waals surface area contributed by atoms with Gasteiger partial charge in [0.1, 0.15) is 5.82 Å². The Hall–Kier alpha value is -2.28. The molecule has 0 saturated heterocycles. The van der Waals surface area contributed by atoms with Gasteiger partial charge in [-0.15, -0.1) is 0 Å². The van der Waals surface area contributed by atoms with Crippen LogP contribution in [0.3, 0.4) is 0 Å². The molecule has 0 atom stereocenters. The number of hydrogen-bond acceptors (Lipinski definition) is 4. The van der Waals surface area contributed by atoms with Crippen LogP contribution in [0.4, 0.5) is 4.39 Å². The summed E-state index contributed by atoms with van der Waals surface area (Å²) < 4.78 is 14.8. The predicted molar refractivity (Wildman–Crippen MR) is 75.7 cm³/mol. The molecule has 0 spiro atoms. The van der Waals surface area contributed by atoms with Gasteiger partial charge in [0.25, 0.3) is 5.91 Å². The molecule has 0 unspecified atom stereocenters. The van der Waals surface area contributed by atoms with E-state index < -0.39 is 17.2 Å². The largest absolute Gasteiger partial charge is 0.396 e. The minimum atomic E-state index is -0.623. The number of carbonyl (C=O) groups is 1. The standard InChI is InChI=1S/C14H16FN3O3/c1-2-18-11-5-4-9(15)8-10(11)13(20)12(17-18)14(21)16-6-3-7-19/h4-5,8,19H,2-3,6-7H2,1H3,(H,16,21). The normalized spacial score (nSPS) is 10.8. The van der Waals surface area contributed by atoms with Gasteiger partial charge in [0.2, 0.25) is 5.43 Å². The molecule has 1 aromatic carbocycles. The molecule has 6 nitrogen and oxygen atoms in total. The number of aliphatic hydroxyl groups excluding tert-OH is 1. The molecular formula is C14H16FN3O3. The van der Waals surface area contributed by atoms with E-state index in [2.05, 4.69) is 10.4 Å².